The standard InChI is InChI=1S/C24H27ClN6O3/c1-34-14-22-21(13-32)30(12-16-2-7-19-20(10-16)28-15-29-24(19)26)8-9-31(22)23(33)11-27-18-5-3-17(25)4-6-18/h2-7,10,13,15,21-22,27H,8-9,11-12,14H2,1H3,(H2,26,28,29)/t21?,22-/m1/s1. The number of nitrogen functional groups attached to an aromatic ring is 1. The van der Waals surface area contributed by atoms with Gasteiger partial charge in [-0.2, -0.15) is 0 Å². The Bertz CT molecular complexity index is 1160. The van der Waals surface area contributed by atoms with Crippen molar-refractivity contribution in [3.63, 3.8) is 0 Å². The Labute approximate surface area is 202 Å². The van der Waals surface area contributed by atoms with Crippen LogP contribution in [-0.2, 0) is 20.9 Å². The van der Waals surface area contributed by atoms with Crippen LogP contribution in [0.25, 0.3) is 10.9 Å². The molecule has 178 valence electrons. The molecule has 10 heteroatoms. The van der Waals surface area contributed by atoms with E-state index in [4.69, 9.17) is 22.1 Å². The van der Waals surface area contributed by atoms with Gasteiger partial charge in [-0.05, 0) is 42.0 Å². The molecule has 1 saturated heterocycles. The number of rotatable bonds is 8. The lowest BCUT2D eigenvalue weighted by molar-refractivity contribution is -0.140. The van der Waals surface area contributed by atoms with Gasteiger partial charge in [0.1, 0.15) is 18.4 Å². The number of hydrogen-bond acceptors (Lipinski definition) is 8. The molecule has 1 aromatic heterocycles. The Balaban J connectivity index is 1.47. The summed E-state index contributed by atoms with van der Waals surface area (Å²) in [5.74, 6) is 0.336. The van der Waals surface area contributed by atoms with Gasteiger partial charge in [0.25, 0.3) is 0 Å². The molecular formula is C24H27ClN6O3. The van der Waals surface area contributed by atoms with Crippen molar-refractivity contribution in [2.45, 2.75) is 18.6 Å². The molecule has 9 nitrogen and oxygen atoms in total. The number of benzene rings is 2. The smallest absolute Gasteiger partial charge is 0.242 e. The van der Waals surface area contributed by atoms with Gasteiger partial charge in [0, 0.05) is 42.8 Å². The number of nitrogens with zero attached hydrogens (tertiary/aromatic N) is 4. The minimum atomic E-state index is -0.501. The van der Waals surface area contributed by atoms with Crippen molar-refractivity contribution in [2.75, 3.05) is 44.4 Å². The molecule has 2 atom stereocenters. The molecular weight excluding hydrogens is 456 g/mol. The Hall–Kier alpha value is -3.27. The van der Waals surface area contributed by atoms with Crippen LogP contribution in [0.5, 0.6) is 0 Å². The van der Waals surface area contributed by atoms with E-state index in [0.29, 0.717) is 30.5 Å². The van der Waals surface area contributed by atoms with Crippen LogP contribution in [0, 0.1) is 0 Å². The van der Waals surface area contributed by atoms with Crippen LogP contribution < -0.4 is 11.1 Å². The summed E-state index contributed by atoms with van der Waals surface area (Å²) in [6.45, 7) is 1.95. The van der Waals surface area contributed by atoms with Crippen LogP contribution in [-0.4, -0.2) is 77.4 Å². The Morgan fingerprint density at radius 3 is 2.76 bits per heavy atom. The predicted molar refractivity (Wildman–Crippen MR) is 132 cm³/mol. The first-order chi connectivity index (χ1) is 16.5. The normalized spacial score (nSPS) is 18.7. The average molecular weight is 483 g/mol. The summed E-state index contributed by atoms with van der Waals surface area (Å²) in [4.78, 5) is 37.3. The van der Waals surface area contributed by atoms with E-state index in [9.17, 15) is 9.59 Å². The zero-order valence-electron chi connectivity index (χ0n) is 18.9. The highest BCUT2D eigenvalue weighted by atomic mass is 35.5. The predicted octanol–water partition coefficient (Wildman–Crippen LogP) is 2.20. The van der Waals surface area contributed by atoms with E-state index in [1.165, 1.54) is 6.33 Å². The van der Waals surface area contributed by atoms with E-state index in [0.717, 1.165) is 28.4 Å². The van der Waals surface area contributed by atoms with Gasteiger partial charge in [-0.15, -0.1) is 0 Å². The van der Waals surface area contributed by atoms with Crippen LogP contribution in [0.1, 0.15) is 5.56 Å². The highest BCUT2D eigenvalue weighted by molar-refractivity contribution is 6.30. The highest BCUT2D eigenvalue weighted by Crippen LogP contribution is 2.23. The second kappa shape index (κ2) is 10.8. The molecule has 3 N–H and O–H groups in total. The van der Waals surface area contributed by atoms with Gasteiger partial charge in [-0.25, -0.2) is 9.97 Å². The van der Waals surface area contributed by atoms with E-state index < -0.39 is 12.1 Å². The molecule has 1 unspecified atom stereocenters. The fraction of sp³-hybridized carbons (Fsp3) is 0.333. The van der Waals surface area contributed by atoms with E-state index in [2.05, 4.69) is 20.2 Å². The number of anilines is 2. The number of ether oxygens (including phenoxy) is 1. The molecule has 0 radical (unpaired) electrons. The summed E-state index contributed by atoms with van der Waals surface area (Å²) >= 11 is 5.92. The fourth-order valence-electron chi connectivity index (χ4n) is 4.31. The van der Waals surface area contributed by atoms with Crippen molar-refractivity contribution in [2.24, 2.45) is 0 Å². The molecule has 1 aliphatic rings. The van der Waals surface area contributed by atoms with Crippen LogP contribution in [0.2, 0.25) is 5.02 Å². The number of fused-ring (bicyclic) bond motifs is 1. The summed E-state index contributed by atoms with van der Waals surface area (Å²) in [5, 5.41) is 4.54. The number of carbonyl (C=O) groups is 2. The first-order valence-electron chi connectivity index (χ1n) is 11.0. The zero-order valence-corrected chi connectivity index (χ0v) is 19.6. The van der Waals surface area contributed by atoms with E-state index in [1.54, 1.807) is 24.1 Å². The van der Waals surface area contributed by atoms with Crippen LogP contribution in [0.4, 0.5) is 11.5 Å². The summed E-state index contributed by atoms with van der Waals surface area (Å²) < 4.78 is 5.39. The topological polar surface area (TPSA) is 114 Å². The molecule has 0 bridgehead atoms. The average Bonchev–Trinajstić information content (AvgIpc) is 2.84. The third-order valence-electron chi connectivity index (χ3n) is 6.05. The maximum atomic E-state index is 13.0. The maximum Gasteiger partial charge on any atom is 0.242 e. The number of nitrogens with one attached hydrogen (secondary N) is 1. The number of aldehydes is 1. The molecule has 2 aromatic carbocycles. The number of aromatic nitrogens is 2. The summed E-state index contributed by atoms with van der Waals surface area (Å²) in [5.41, 5.74) is 8.48. The van der Waals surface area contributed by atoms with Gasteiger partial charge in [0.15, 0.2) is 0 Å². The lowest BCUT2D eigenvalue weighted by Gasteiger charge is -2.45. The van der Waals surface area contributed by atoms with E-state index >= 15 is 0 Å². The van der Waals surface area contributed by atoms with Gasteiger partial charge in [-0.1, -0.05) is 17.7 Å². The van der Waals surface area contributed by atoms with Gasteiger partial charge in [-0.3, -0.25) is 9.69 Å². The molecule has 34 heavy (non-hydrogen) atoms. The monoisotopic (exact) mass is 482 g/mol. The van der Waals surface area contributed by atoms with Crippen molar-refractivity contribution in [1.82, 2.24) is 19.8 Å². The number of halogens is 1. The first-order valence-corrected chi connectivity index (χ1v) is 11.3. The van der Waals surface area contributed by atoms with Gasteiger partial charge in [0.05, 0.1) is 30.8 Å². The van der Waals surface area contributed by atoms with Crippen LogP contribution in [0.3, 0.4) is 0 Å². The fourth-order valence-corrected chi connectivity index (χ4v) is 4.44. The second-order valence-corrected chi connectivity index (χ2v) is 8.61. The third kappa shape index (κ3) is 5.27. The number of methoxy groups -OCH3 is 1. The Kier molecular flexibility index (Phi) is 7.56. The SMILES string of the molecule is COC[C@@H]1C(C=O)N(Cc2ccc3c(N)ncnc3c2)CCN1C(=O)CNc1ccc(Cl)cc1. The summed E-state index contributed by atoms with van der Waals surface area (Å²) in [7, 11) is 1.57. The van der Waals surface area contributed by atoms with E-state index in [-0.39, 0.29) is 19.1 Å². The lowest BCUT2D eigenvalue weighted by Crippen LogP contribution is -2.63. The Morgan fingerprint density at radius 1 is 1.24 bits per heavy atom. The van der Waals surface area contributed by atoms with Crippen molar-refractivity contribution < 1.29 is 14.3 Å². The largest absolute Gasteiger partial charge is 0.383 e. The molecule has 0 spiro atoms. The third-order valence-corrected chi connectivity index (χ3v) is 6.30. The number of piperazine rings is 1. The number of carbonyl (C=O) groups excluding carboxylic acids is 2. The summed E-state index contributed by atoms with van der Waals surface area (Å²) in [6, 6.07) is 12.1. The second-order valence-electron chi connectivity index (χ2n) is 8.18. The maximum absolute atomic E-state index is 13.0. The molecule has 1 fully saturated rings. The molecule has 0 saturated carbocycles. The number of nitrogens with two attached hydrogens (primary N) is 1. The molecule has 3 aromatic rings. The first kappa shape index (κ1) is 23.9. The van der Waals surface area contributed by atoms with Crippen molar-refractivity contribution in [1.29, 1.82) is 0 Å². The quantitative estimate of drug-likeness (QED) is 0.470. The zero-order chi connectivity index (χ0) is 24.1. The molecule has 4 rings (SSSR count). The minimum Gasteiger partial charge on any atom is -0.383 e. The van der Waals surface area contributed by atoms with E-state index in [1.807, 2.05) is 30.3 Å². The van der Waals surface area contributed by atoms with Crippen molar-refractivity contribution in [3.05, 3.63) is 59.4 Å². The Morgan fingerprint density at radius 2 is 2.03 bits per heavy atom. The van der Waals surface area contributed by atoms with Crippen LogP contribution >= 0.6 is 11.6 Å². The number of hydrogen-bond donors (Lipinski definition) is 2. The van der Waals surface area contributed by atoms with Gasteiger partial charge in [0.2, 0.25) is 5.91 Å². The van der Waals surface area contributed by atoms with Crippen molar-refractivity contribution >= 4 is 46.2 Å². The van der Waals surface area contributed by atoms with Gasteiger partial charge < -0.3 is 25.5 Å². The van der Waals surface area contributed by atoms with Crippen molar-refractivity contribution in [3.8, 4) is 0 Å². The number of amides is 1. The van der Waals surface area contributed by atoms with Gasteiger partial charge >= 0.3 is 0 Å². The molecule has 1 amide bonds. The highest BCUT2D eigenvalue weighted by Gasteiger charge is 2.38. The lowest BCUT2D eigenvalue weighted by atomic mass is 10.0. The molecule has 0 aliphatic carbocycles. The molecule has 1 aliphatic heterocycles. The summed E-state index contributed by atoms with van der Waals surface area (Å²) in [6.07, 6.45) is 2.34. The minimum absolute atomic E-state index is 0.0959. The van der Waals surface area contributed by atoms with Crippen LogP contribution in [0.15, 0.2) is 48.8 Å². The molecule has 2 heterocycles.